The number of hydrogen-bond acceptors (Lipinski definition) is 3. The van der Waals surface area contributed by atoms with Gasteiger partial charge in [-0.05, 0) is 38.8 Å². The molecule has 0 spiro atoms. The molecule has 3 rings (SSSR count). The summed E-state index contributed by atoms with van der Waals surface area (Å²) >= 11 is 0. The predicted molar refractivity (Wildman–Crippen MR) is 93.1 cm³/mol. The van der Waals surface area contributed by atoms with Gasteiger partial charge in [0.2, 0.25) is 5.91 Å². The Morgan fingerprint density at radius 3 is 2.70 bits per heavy atom. The smallest absolute Gasteiger partial charge is 0.227 e. The first-order valence-electron chi connectivity index (χ1n) is 8.85. The van der Waals surface area contributed by atoms with Gasteiger partial charge in [0.05, 0.1) is 5.92 Å². The highest BCUT2D eigenvalue weighted by molar-refractivity contribution is 5.79. The molecule has 23 heavy (non-hydrogen) atoms. The lowest BCUT2D eigenvalue weighted by Gasteiger charge is -2.48. The second-order valence-electron chi connectivity index (χ2n) is 7.52. The van der Waals surface area contributed by atoms with Gasteiger partial charge in [0.25, 0.3) is 0 Å². The highest BCUT2D eigenvalue weighted by atomic mass is 16.2. The molecule has 0 aliphatic carbocycles. The summed E-state index contributed by atoms with van der Waals surface area (Å²) in [5.74, 6) is 0.532. The lowest BCUT2D eigenvalue weighted by atomic mass is 9.94. The molecule has 1 aromatic rings. The number of carbonyl (C=O) groups excluding carboxylic acids is 1. The maximum Gasteiger partial charge on any atom is 0.227 e. The molecule has 0 radical (unpaired) electrons. The van der Waals surface area contributed by atoms with Crippen molar-refractivity contribution < 1.29 is 4.79 Å². The second-order valence-corrected chi connectivity index (χ2v) is 7.52. The fraction of sp³-hybridized carbons (Fsp3) is 0.632. The van der Waals surface area contributed by atoms with Crippen LogP contribution in [0, 0.1) is 5.92 Å². The monoisotopic (exact) mass is 315 g/mol. The van der Waals surface area contributed by atoms with Crippen molar-refractivity contribution in [1.29, 1.82) is 0 Å². The van der Waals surface area contributed by atoms with E-state index in [4.69, 9.17) is 0 Å². The first-order chi connectivity index (χ1) is 11.1. The molecule has 2 heterocycles. The van der Waals surface area contributed by atoms with E-state index in [1.807, 2.05) is 0 Å². The van der Waals surface area contributed by atoms with Crippen molar-refractivity contribution >= 4 is 5.91 Å². The van der Waals surface area contributed by atoms with Crippen LogP contribution in [0.5, 0.6) is 0 Å². The first kappa shape index (κ1) is 16.5. The molecular weight excluding hydrogens is 286 g/mol. The molecule has 2 fully saturated rings. The number of hydrogen-bond donors (Lipinski definition) is 1. The van der Waals surface area contributed by atoms with Crippen molar-refractivity contribution in [3.05, 3.63) is 35.9 Å². The quantitative estimate of drug-likeness (QED) is 0.928. The van der Waals surface area contributed by atoms with Gasteiger partial charge >= 0.3 is 0 Å². The highest BCUT2D eigenvalue weighted by Crippen LogP contribution is 2.25. The van der Waals surface area contributed by atoms with Crippen LogP contribution in [-0.2, 0) is 11.3 Å². The van der Waals surface area contributed by atoms with Crippen LogP contribution < -0.4 is 5.32 Å². The summed E-state index contributed by atoms with van der Waals surface area (Å²) in [4.78, 5) is 17.4. The van der Waals surface area contributed by atoms with Crippen LogP contribution in [-0.4, -0.2) is 54.0 Å². The van der Waals surface area contributed by atoms with Crippen molar-refractivity contribution in [2.45, 2.75) is 38.8 Å². The zero-order valence-electron chi connectivity index (χ0n) is 14.4. The fourth-order valence-corrected chi connectivity index (χ4v) is 3.80. The molecule has 0 aromatic heterocycles. The van der Waals surface area contributed by atoms with Crippen LogP contribution in [0.1, 0.15) is 32.3 Å². The molecule has 1 unspecified atom stereocenters. The molecule has 2 aliphatic heterocycles. The predicted octanol–water partition coefficient (Wildman–Crippen LogP) is 2.11. The van der Waals surface area contributed by atoms with Gasteiger partial charge in [-0.3, -0.25) is 9.69 Å². The molecule has 1 N–H and O–H groups in total. The molecule has 2 saturated heterocycles. The number of carbonyl (C=O) groups is 1. The maximum atomic E-state index is 12.8. The number of nitrogens with zero attached hydrogens (tertiary/aromatic N) is 2. The van der Waals surface area contributed by atoms with Gasteiger partial charge < -0.3 is 10.2 Å². The standard InChI is InChI=1S/C19H29N3O/c1-19(2)15-21(18(23)17-9-6-10-20-13-17)11-12-22(19)14-16-7-4-3-5-8-16/h3-5,7-8,17,20H,6,9-15H2,1-2H3. The topological polar surface area (TPSA) is 35.6 Å². The molecule has 4 heteroatoms. The first-order valence-corrected chi connectivity index (χ1v) is 8.85. The van der Waals surface area contributed by atoms with Gasteiger partial charge in [-0.15, -0.1) is 0 Å². The van der Waals surface area contributed by atoms with Crippen molar-refractivity contribution in [2.75, 3.05) is 32.7 Å². The molecule has 0 saturated carbocycles. The average Bonchev–Trinajstić information content (AvgIpc) is 2.57. The number of piperidine rings is 1. The van der Waals surface area contributed by atoms with Crippen LogP contribution in [0.15, 0.2) is 30.3 Å². The Hall–Kier alpha value is -1.39. The molecule has 1 aromatic carbocycles. The molecule has 1 atom stereocenters. The molecular formula is C19H29N3O. The third-order valence-corrected chi connectivity index (χ3v) is 5.25. The van der Waals surface area contributed by atoms with Gasteiger partial charge in [0.15, 0.2) is 0 Å². The molecule has 4 nitrogen and oxygen atoms in total. The Kier molecular flexibility index (Phi) is 5.02. The van der Waals surface area contributed by atoms with Crippen LogP contribution in [0.2, 0.25) is 0 Å². The van der Waals surface area contributed by atoms with E-state index >= 15 is 0 Å². The summed E-state index contributed by atoms with van der Waals surface area (Å²) < 4.78 is 0. The van der Waals surface area contributed by atoms with E-state index < -0.39 is 0 Å². The average molecular weight is 315 g/mol. The summed E-state index contributed by atoms with van der Waals surface area (Å²) in [5, 5.41) is 3.36. The van der Waals surface area contributed by atoms with Gasteiger partial charge in [-0.2, -0.15) is 0 Å². The largest absolute Gasteiger partial charge is 0.339 e. The van der Waals surface area contributed by atoms with E-state index in [9.17, 15) is 4.79 Å². The van der Waals surface area contributed by atoms with E-state index in [-0.39, 0.29) is 11.5 Å². The maximum absolute atomic E-state index is 12.8. The SMILES string of the molecule is CC1(C)CN(C(=O)C2CCCNC2)CCN1Cc1ccccc1. The zero-order valence-corrected chi connectivity index (χ0v) is 14.4. The highest BCUT2D eigenvalue weighted by Gasteiger charge is 2.37. The summed E-state index contributed by atoms with van der Waals surface area (Å²) in [6.07, 6.45) is 2.16. The molecule has 0 bridgehead atoms. The third-order valence-electron chi connectivity index (χ3n) is 5.25. The molecule has 126 valence electrons. The number of piperazine rings is 1. The minimum absolute atomic E-state index is 0.0197. The van der Waals surface area contributed by atoms with E-state index in [1.165, 1.54) is 5.56 Å². The fourth-order valence-electron chi connectivity index (χ4n) is 3.80. The third kappa shape index (κ3) is 3.93. The minimum atomic E-state index is 0.0197. The van der Waals surface area contributed by atoms with Crippen molar-refractivity contribution in [1.82, 2.24) is 15.1 Å². The van der Waals surface area contributed by atoms with Crippen molar-refractivity contribution in [2.24, 2.45) is 5.92 Å². The number of amides is 1. The van der Waals surface area contributed by atoms with E-state index in [0.29, 0.717) is 5.91 Å². The van der Waals surface area contributed by atoms with E-state index in [0.717, 1.165) is 52.1 Å². The molecule has 2 aliphatic rings. The Morgan fingerprint density at radius 2 is 2.04 bits per heavy atom. The van der Waals surface area contributed by atoms with Crippen molar-refractivity contribution in [3.63, 3.8) is 0 Å². The summed E-state index contributed by atoms with van der Waals surface area (Å²) in [7, 11) is 0. The van der Waals surface area contributed by atoms with Crippen molar-refractivity contribution in [3.8, 4) is 0 Å². The van der Waals surface area contributed by atoms with E-state index in [1.54, 1.807) is 0 Å². The number of rotatable bonds is 3. The summed E-state index contributed by atoms with van der Waals surface area (Å²) in [6.45, 7) is 10.0. The summed E-state index contributed by atoms with van der Waals surface area (Å²) in [5.41, 5.74) is 1.36. The Morgan fingerprint density at radius 1 is 1.26 bits per heavy atom. The lowest BCUT2D eigenvalue weighted by molar-refractivity contribution is -0.141. The normalized spacial score (nSPS) is 25.3. The number of benzene rings is 1. The van der Waals surface area contributed by atoms with Crippen LogP contribution in [0.4, 0.5) is 0 Å². The zero-order chi connectivity index (χ0) is 16.3. The Labute approximate surface area is 139 Å². The Balaban J connectivity index is 1.61. The Bertz CT molecular complexity index is 523. The second kappa shape index (κ2) is 7.02. The van der Waals surface area contributed by atoms with Gasteiger partial charge in [-0.1, -0.05) is 30.3 Å². The van der Waals surface area contributed by atoms with Crippen LogP contribution in [0.3, 0.4) is 0 Å². The molecule has 1 amide bonds. The number of nitrogens with one attached hydrogen (secondary N) is 1. The van der Waals surface area contributed by atoms with E-state index in [2.05, 4.69) is 59.3 Å². The van der Waals surface area contributed by atoms with Crippen LogP contribution >= 0.6 is 0 Å². The van der Waals surface area contributed by atoms with Gasteiger partial charge in [-0.25, -0.2) is 0 Å². The van der Waals surface area contributed by atoms with Gasteiger partial charge in [0, 0.05) is 38.3 Å². The van der Waals surface area contributed by atoms with Gasteiger partial charge in [0.1, 0.15) is 0 Å². The van der Waals surface area contributed by atoms with Crippen LogP contribution in [0.25, 0.3) is 0 Å². The minimum Gasteiger partial charge on any atom is -0.339 e. The summed E-state index contributed by atoms with van der Waals surface area (Å²) in [6, 6.07) is 10.6. The lowest BCUT2D eigenvalue weighted by Crippen LogP contribution is -2.61.